The van der Waals surface area contributed by atoms with Crippen molar-refractivity contribution in [2.75, 3.05) is 38.7 Å². The SMILES string of the molecule is C.C.CS(=O)(=O)N1CCC(C2c3ccc(Cl)cc3C=C(/C=C/c3cnc[nH]3)c3cccnc32)CC1.CS(=O)(=O)N1CCC(C2c3ccc(Cl)cc3C=C(CCc3cnc[nH]3)c3cccnc32)CC1. The summed E-state index contributed by atoms with van der Waals surface area (Å²) in [5, 5.41) is 1.40. The van der Waals surface area contributed by atoms with Crippen LogP contribution in [0.3, 0.4) is 0 Å². The van der Waals surface area contributed by atoms with Crippen molar-refractivity contribution in [2.24, 2.45) is 11.8 Å². The molecule has 0 bridgehead atoms. The lowest BCUT2D eigenvalue weighted by atomic mass is 9.76. The molecular weight excluding hydrogens is 936 g/mol. The van der Waals surface area contributed by atoms with Crippen LogP contribution in [0.2, 0.25) is 10.0 Å². The number of hydrogen-bond acceptors (Lipinski definition) is 8. The van der Waals surface area contributed by atoms with Crippen molar-refractivity contribution in [1.29, 1.82) is 0 Å². The Morgan fingerprint density at radius 3 is 1.68 bits per heavy atom. The van der Waals surface area contributed by atoms with Crippen LogP contribution in [0.25, 0.3) is 29.4 Å². The number of aryl methyl sites for hydroxylation is 1. The predicted octanol–water partition coefficient (Wildman–Crippen LogP) is 10.8. The fourth-order valence-electron chi connectivity index (χ4n) is 10.2. The zero-order valence-corrected chi connectivity index (χ0v) is 40.0. The fraction of sp³-hybridized carbons (Fsp3) is 0.346. The van der Waals surface area contributed by atoms with Gasteiger partial charge in [0.05, 0.1) is 48.4 Å². The molecule has 2 fully saturated rings. The average Bonchev–Trinajstić information content (AvgIpc) is 3.99. The molecule has 4 aromatic heterocycles. The fourth-order valence-corrected chi connectivity index (χ4v) is 12.3. The van der Waals surface area contributed by atoms with Crippen LogP contribution in [0, 0.1) is 11.8 Å². The van der Waals surface area contributed by atoms with E-state index in [9.17, 15) is 16.8 Å². The summed E-state index contributed by atoms with van der Waals surface area (Å²) in [5.74, 6) is 0.735. The number of fused-ring (bicyclic) bond motifs is 4. The van der Waals surface area contributed by atoms with Crippen LogP contribution in [0.5, 0.6) is 0 Å². The molecule has 0 radical (unpaired) electrons. The number of aromatic nitrogens is 6. The average molecular weight is 996 g/mol. The van der Waals surface area contributed by atoms with E-state index in [2.05, 4.69) is 62.4 Å². The smallest absolute Gasteiger partial charge is 0.211 e. The molecule has 2 aromatic carbocycles. The molecule has 16 heteroatoms. The van der Waals surface area contributed by atoms with Gasteiger partial charge in [0.2, 0.25) is 20.0 Å². The van der Waals surface area contributed by atoms with Crippen molar-refractivity contribution < 1.29 is 16.8 Å². The number of pyridine rings is 2. The van der Waals surface area contributed by atoms with E-state index in [1.807, 2.05) is 61.1 Å². The lowest BCUT2D eigenvalue weighted by Gasteiger charge is -2.35. The predicted molar refractivity (Wildman–Crippen MR) is 277 cm³/mol. The first-order valence-electron chi connectivity index (χ1n) is 22.3. The van der Waals surface area contributed by atoms with E-state index in [0.717, 1.165) is 83.6 Å². The number of nitrogens with zero attached hydrogens (tertiary/aromatic N) is 6. The number of sulfonamides is 2. The van der Waals surface area contributed by atoms with Gasteiger partial charge in [-0.15, -0.1) is 0 Å². The summed E-state index contributed by atoms with van der Waals surface area (Å²) < 4.78 is 51.4. The first-order valence-corrected chi connectivity index (χ1v) is 26.7. The molecule has 2 saturated heterocycles. The van der Waals surface area contributed by atoms with E-state index in [1.54, 1.807) is 27.5 Å². The van der Waals surface area contributed by atoms with Crippen molar-refractivity contribution in [1.82, 2.24) is 38.5 Å². The Morgan fingerprint density at radius 2 is 1.16 bits per heavy atom. The summed E-state index contributed by atoms with van der Waals surface area (Å²) in [6, 6.07) is 20.4. The van der Waals surface area contributed by atoms with Crippen LogP contribution in [0.4, 0.5) is 0 Å². The Kier molecular flexibility index (Phi) is 16.1. The molecule has 4 aliphatic rings. The molecule has 6 heterocycles. The highest BCUT2D eigenvalue weighted by Crippen LogP contribution is 2.47. The lowest BCUT2D eigenvalue weighted by molar-refractivity contribution is 0.256. The van der Waals surface area contributed by atoms with Gasteiger partial charge < -0.3 is 9.97 Å². The molecular formula is C52H60Cl2N8O4S2. The van der Waals surface area contributed by atoms with E-state index >= 15 is 0 Å². The highest BCUT2D eigenvalue weighted by Gasteiger charge is 2.37. The van der Waals surface area contributed by atoms with Gasteiger partial charge in [-0.05, 0) is 138 Å². The number of H-pyrrole nitrogens is 2. The van der Waals surface area contributed by atoms with Crippen LogP contribution >= 0.6 is 23.2 Å². The molecule has 12 nitrogen and oxygen atoms in total. The van der Waals surface area contributed by atoms with Gasteiger partial charge in [-0.3, -0.25) is 9.97 Å². The van der Waals surface area contributed by atoms with Gasteiger partial charge in [-0.25, -0.2) is 35.4 Å². The highest BCUT2D eigenvalue weighted by atomic mass is 35.5. The summed E-state index contributed by atoms with van der Waals surface area (Å²) in [6.07, 6.45) is 26.7. The molecule has 6 aromatic rings. The third kappa shape index (κ3) is 11.3. The minimum atomic E-state index is -3.18. The van der Waals surface area contributed by atoms with Gasteiger partial charge in [0, 0.05) is 77.9 Å². The lowest BCUT2D eigenvalue weighted by Crippen LogP contribution is -2.39. The van der Waals surface area contributed by atoms with Gasteiger partial charge in [0.1, 0.15) is 0 Å². The normalized spacial score (nSPS) is 19.0. The number of hydrogen-bond donors (Lipinski definition) is 2. The molecule has 10 rings (SSSR count). The molecule has 2 aliphatic carbocycles. The van der Waals surface area contributed by atoms with E-state index in [-0.39, 0.29) is 32.6 Å². The number of rotatable bonds is 9. The minimum absolute atomic E-state index is 0. The summed E-state index contributed by atoms with van der Waals surface area (Å²) >= 11 is 12.8. The van der Waals surface area contributed by atoms with Gasteiger partial charge in [-0.2, -0.15) is 0 Å². The number of piperidine rings is 2. The molecule has 358 valence electrons. The summed E-state index contributed by atoms with van der Waals surface area (Å²) in [5.41, 5.74) is 13.2. The highest BCUT2D eigenvalue weighted by molar-refractivity contribution is 7.88. The monoisotopic (exact) mass is 994 g/mol. The molecule has 2 aliphatic heterocycles. The number of nitrogens with one attached hydrogen (secondary N) is 2. The van der Waals surface area contributed by atoms with Gasteiger partial charge in [-0.1, -0.05) is 74.5 Å². The van der Waals surface area contributed by atoms with Crippen LogP contribution in [0.1, 0.15) is 115 Å². The van der Waals surface area contributed by atoms with Gasteiger partial charge in [0.15, 0.2) is 0 Å². The number of aromatic amines is 2. The Bertz CT molecular complexity index is 3010. The van der Waals surface area contributed by atoms with Crippen LogP contribution in [0.15, 0.2) is 104 Å². The van der Waals surface area contributed by atoms with E-state index in [1.165, 1.54) is 34.8 Å². The molecule has 0 spiro atoms. The van der Waals surface area contributed by atoms with Crippen LogP contribution < -0.4 is 0 Å². The number of allylic oxidation sites excluding steroid dienone is 3. The second-order valence-corrected chi connectivity index (χ2v) is 22.4. The largest absolute Gasteiger partial charge is 0.348 e. The van der Waals surface area contributed by atoms with Crippen molar-refractivity contribution in [3.63, 3.8) is 0 Å². The van der Waals surface area contributed by atoms with E-state index in [4.69, 9.17) is 33.2 Å². The van der Waals surface area contributed by atoms with Crippen molar-refractivity contribution in [2.45, 2.75) is 65.2 Å². The number of benzene rings is 2. The molecule has 2 N–H and O–H groups in total. The Labute approximate surface area is 411 Å². The Morgan fingerprint density at radius 1 is 0.647 bits per heavy atom. The molecule has 0 amide bonds. The van der Waals surface area contributed by atoms with E-state index < -0.39 is 20.0 Å². The quantitative estimate of drug-likeness (QED) is 0.145. The van der Waals surface area contributed by atoms with Crippen LogP contribution in [-0.4, -0.2) is 94.0 Å². The second-order valence-electron chi connectivity index (χ2n) is 17.6. The molecule has 68 heavy (non-hydrogen) atoms. The minimum Gasteiger partial charge on any atom is -0.348 e. The molecule has 2 atom stereocenters. The maximum absolute atomic E-state index is 12.1. The van der Waals surface area contributed by atoms with Gasteiger partial charge in [0.25, 0.3) is 0 Å². The Hall–Kier alpha value is -5.22. The molecule has 0 saturated carbocycles. The zero-order chi connectivity index (χ0) is 46.0. The maximum atomic E-state index is 12.1. The summed E-state index contributed by atoms with van der Waals surface area (Å²) in [7, 11) is -6.35. The second kappa shape index (κ2) is 21.6. The number of imidazole rings is 2. The van der Waals surface area contributed by atoms with Gasteiger partial charge >= 0.3 is 0 Å². The third-order valence-corrected chi connectivity index (χ3v) is 16.5. The van der Waals surface area contributed by atoms with Crippen LogP contribution in [-0.2, 0) is 26.5 Å². The number of halogens is 2. The Balaban J connectivity index is 0.000000196. The zero-order valence-electron chi connectivity index (χ0n) is 36.8. The molecule has 2 unspecified atom stereocenters. The van der Waals surface area contributed by atoms with Crippen molar-refractivity contribution in [3.8, 4) is 0 Å². The first-order chi connectivity index (χ1) is 31.8. The first kappa shape index (κ1) is 50.7. The standard InChI is InChI=1S/C25H27ClN4O2S.C25H25ClN4O2S.2CH4/c2*1-33(31,32)30-11-8-17(9-12-30)24-22-7-5-20(26)14-19(22)13-18(4-6-21-15-27-16-29-21)23-3-2-10-28-25(23)24;;/h2-3,5,7,10,13-17,24H,4,6,8-9,11-12H2,1H3,(H,27,29);2-7,10,13-17,24H,8-9,11-12H2,1H3,(H,27,29);2*1H4/b;6-4+;;. The van der Waals surface area contributed by atoms with Crippen molar-refractivity contribution in [3.05, 3.63) is 170 Å². The maximum Gasteiger partial charge on any atom is 0.211 e. The topological polar surface area (TPSA) is 158 Å². The third-order valence-electron chi connectivity index (χ3n) is 13.4. The summed E-state index contributed by atoms with van der Waals surface area (Å²) in [4.78, 5) is 24.3. The van der Waals surface area contributed by atoms with E-state index in [0.29, 0.717) is 42.1 Å². The summed E-state index contributed by atoms with van der Waals surface area (Å²) in [6.45, 7) is 2.16. The van der Waals surface area contributed by atoms with Crippen molar-refractivity contribution >= 4 is 72.6 Å².